The van der Waals surface area contributed by atoms with Crippen molar-refractivity contribution in [2.45, 2.75) is 98.7 Å². The minimum Gasteiger partial charge on any atom is -0.390 e. The van der Waals surface area contributed by atoms with E-state index in [1.165, 1.54) is 0 Å². The molecule has 2 nitrogen and oxygen atoms in total. The fourth-order valence-electron chi connectivity index (χ4n) is 2.37. The standard InChI is InChI=1S/2C8H18O/c1-7(2,3)6-8(4,5)9;1-4-7-8(9,5-2)6-3/h9H,6H2,1-5H3;9H,4-7H2,1-3H3. The minimum absolute atomic E-state index is 0.234. The van der Waals surface area contributed by atoms with Crippen LogP contribution in [0.3, 0.4) is 0 Å². The molecule has 0 aliphatic rings. The van der Waals surface area contributed by atoms with Gasteiger partial charge < -0.3 is 10.2 Å². The van der Waals surface area contributed by atoms with Crippen molar-refractivity contribution < 1.29 is 10.2 Å². The van der Waals surface area contributed by atoms with Crippen molar-refractivity contribution in [1.29, 1.82) is 0 Å². The van der Waals surface area contributed by atoms with Gasteiger partial charge in [0.2, 0.25) is 0 Å². The van der Waals surface area contributed by atoms with E-state index in [4.69, 9.17) is 0 Å². The first-order valence-electron chi connectivity index (χ1n) is 7.34. The second-order valence-electron chi connectivity index (χ2n) is 7.23. The molecule has 2 heteroatoms. The first-order chi connectivity index (χ1) is 7.89. The summed E-state index contributed by atoms with van der Waals surface area (Å²) in [5.41, 5.74) is -0.648. The van der Waals surface area contributed by atoms with E-state index in [2.05, 4.69) is 27.7 Å². The van der Waals surface area contributed by atoms with Crippen LogP contribution in [0.2, 0.25) is 0 Å². The molecule has 112 valence electrons. The van der Waals surface area contributed by atoms with E-state index in [1.807, 2.05) is 27.7 Å². The Morgan fingerprint density at radius 1 is 0.778 bits per heavy atom. The number of aliphatic hydroxyl groups is 2. The number of rotatable bonds is 5. The van der Waals surface area contributed by atoms with Gasteiger partial charge in [0, 0.05) is 0 Å². The normalized spacial score (nSPS) is 13.0. The summed E-state index contributed by atoms with van der Waals surface area (Å²) in [7, 11) is 0. The van der Waals surface area contributed by atoms with E-state index in [-0.39, 0.29) is 11.0 Å². The zero-order valence-electron chi connectivity index (χ0n) is 13.9. The van der Waals surface area contributed by atoms with Gasteiger partial charge >= 0.3 is 0 Å². The molecule has 0 heterocycles. The topological polar surface area (TPSA) is 40.5 Å². The molecule has 0 radical (unpaired) electrons. The van der Waals surface area contributed by atoms with Gasteiger partial charge in [-0.1, -0.05) is 48.0 Å². The summed E-state index contributed by atoms with van der Waals surface area (Å²) in [6.07, 6.45) is 4.65. The summed E-state index contributed by atoms with van der Waals surface area (Å²) in [5, 5.41) is 19.0. The molecular weight excluding hydrogens is 224 g/mol. The van der Waals surface area contributed by atoms with Crippen molar-refractivity contribution >= 4 is 0 Å². The van der Waals surface area contributed by atoms with Gasteiger partial charge in [-0.25, -0.2) is 0 Å². The highest BCUT2D eigenvalue weighted by molar-refractivity contribution is 4.74. The first kappa shape index (κ1) is 20.2. The van der Waals surface area contributed by atoms with Crippen molar-refractivity contribution in [3.63, 3.8) is 0 Å². The SMILES string of the molecule is CC(C)(C)CC(C)(C)O.CCCC(O)(CC)CC. The van der Waals surface area contributed by atoms with E-state index in [0.717, 1.165) is 32.1 Å². The molecule has 0 rings (SSSR count). The third kappa shape index (κ3) is 14.0. The molecule has 0 saturated carbocycles. The highest BCUT2D eigenvalue weighted by Gasteiger charge is 2.22. The van der Waals surface area contributed by atoms with Crippen LogP contribution in [0.1, 0.15) is 87.5 Å². The Morgan fingerprint density at radius 3 is 1.22 bits per heavy atom. The number of hydrogen-bond donors (Lipinski definition) is 2. The Balaban J connectivity index is 0. The lowest BCUT2D eigenvalue weighted by Crippen LogP contribution is -2.25. The van der Waals surface area contributed by atoms with E-state index in [1.54, 1.807) is 0 Å². The van der Waals surface area contributed by atoms with Crippen LogP contribution in [0.5, 0.6) is 0 Å². The zero-order chi connectivity index (χ0) is 15.0. The molecule has 0 aliphatic heterocycles. The zero-order valence-corrected chi connectivity index (χ0v) is 13.9. The second kappa shape index (κ2) is 8.16. The lowest BCUT2D eigenvalue weighted by molar-refractivity contribution is 0.0229. The lowest BCUT2D eigenvalue weighted by Gasteiger charge is -2.27. The Hall–Kier alpha value is -0.0800. The van der Waals surface area contributed by atoms with Gasteiger partial charge in [0.1, 0.15) is 0 Å². The Bertz CT molecular complexity index is 180. The van der Waals surface area contributed by atoms with Gasteiger partial charge in [0.15, 0.2) is 0 Å². The summed E-state index contributed by atoms with van der Waals surface area (Å²) < 4.78 is 0. The minimum atomic E-state index is -0.516. The molecule has 0 aliphatic carbocycles. The first-order valence-corrected chi connectivity index (χ1v) is 7.34. The van der Waals surface area contributed by atoms with Crippen molar-refractivity contribution in [3.05, 3.63) is 0 Å². The summed E-state index contributed by atoms with van der Waals surface area (Å²) in [4.78, 5) is 0. The molecule has 0 saturated heterocycles. The third-order valence-corrected chi connectivity index (χ3v) is 2.99. The molecule has 0 aromatic heterocycles. The molecule has 0 amide bonds. The largest absolute Gasteiger partial charge is 0.390 e. The van der Waals surface area contributed by atoms with Crippen molar-refractivity contribution in [1.82, 2.24) is 0 Å². The fourth-order valence-corrected chi connectivity index (χ4v) is 2.37. The predicted molar refractivity (Wildman–Crippen MR) is 80.8 cm³/mol. The van der Waals surface area contributed by atoms with Crippen LogP contribution >= 0.6 is 0 Å². The molecule has 0 aromatic rings. The highest BCUT2D eigenvalue weighted by Crippen LogP contribution is 2.26. The van der Waals surface area contributed by atoms with Crippen molar-refractivity contribution in [2.24, 2.45) is 5.41 Å². The van der Waals surface area contributed by atoms with Crippen LogP contribution in [0, 0.1) is 5.41 Å². The summed E-state index contributed by atoms with van der Waals surface area (Å²) >= 11 is 0. The van der Waals surface area contributed by atoms with Crippen LogP contribution < -0.4 is 0 Å². The van der Waals surface area contributed by atoms with E-state index < -0.39 is 5.60 Å². The summed E-state index contributed by atoms with van der Waals surface area (Å²) in [6.45, 7) is 16.3. The molecule has 18 heavy (non-hydrogen) atoms. The van der Waals surface area contributed by atoms with Crippen LogP contribution in [0.15, 0.2) is 0 Å². The molecular formula is C16H36O2. The molecule has 2 N–H and O–H groups in total. The Labute approximate surface area is 115 Å². The third-order valence-electron chi connectivity index (χ3n) is 2.99. The molecule has 0 bridgehead atoms. The average molecular weight is 260 g/mol. The number of hydrogen-bond acceptors (Lipinski definition) is 2. The molecule has 0 spiro atoms. The highest BCUT2D eigenvalue weighted by atomic mass is 16.3. The Kier molecular flexibility index (Phi) is 9.18. The van der Waals surface area contributed by atoms with Gasteiger partial charge in [-0.2, -0.15) is 0 Å². The van der Waals surface area contributed by atoms with Crippen molar-refractivity contribution in [2.75, 3.05) is 0 Å². The lowest BCUT2D eigenvalue weighted by atomic mass is 9.84. The maximum atomic E-state index is 9.63. The van der Waals surface area contributed by atoms with E-state index in [9.17, 15) is 10.2 Å². The monoisotopic (exact) mass is 260 g/mol. The summed E-state index contributed by atoms with van der Waals surface area (Å²) in [5.74, 6) is 0. The van der Waals surface area contributed by atoms with Gasteiger partial charge in [-0.05, 0) is 44.9 Å². The van der Waals surface area contributed by atoms with E-state index in [0.29, 0.717) is 0 Å². The Morgan fingerprint density at radius 2 is 1.17 bits per heavy atom. The van der Waals surface area contributed by atoms with Gasteiger partial charge in [0.25, 0.3) is 0 Å². The molecule has 0 unspecified atom stereocenters. The predicted octanol–water partition coefficient (Wildman–Crippen LogP) is 4.53. The smallest absolute Gasteiger partial charge is 0.0642 e. The molecule has 0 aromatic carbocycles. The van der Waals surface area contributed by atoms with E-state index >= 15 is 0 Å². The van der Waals surface area contributed by atoms with Crippen LogP contribution in [0.25, 0.3) is 0 Å². The second-order valence-corrected chi connectivity index (χ2v) is 7.23. The summed E-state index contributed by atoms with van der Waals surface area (Å²) in [6, 6.07) is 0. The quantitative estimate of drug-likeness (QED) is 0.762. The van der Waals surface area contributed by atoms with Crippen molar-refractivity contribution in [3.8, 4) is 0 Å². The maximum absolute atomic E-state index is 9.63. The van der Waals surface area contributed by atoms with Gasteiger partial charge in [-0.3, -0.25) is 0 Å². The van der Waals surface area contributed by atoms with Gasteiger partial charge in [-0.15, -0.1) is 0 Å². The van der Waals surface area contributed by atoms with Gasteiger partial charge in [0.05, 0.1) is 11.2 Å². The molecule has 0 fully saturated rings. The maximum Gasteiger partial charge on any atom is 0.0642 e. The van der Waals surface area contributed by atoms with Crippen LogP contribution in [-0.2, 0) is 0 Å². The molecule has 0 atom stereocenters. The fraction of sp³-hybridized carbons (Fsp3) is 1.00. The average Bonchev–Trinajstić information content (AvgIpc) is 2.13. The van der Waals surface area contributed by atoms with Crippen LogP contribution in [0.4, 0.5) is 0 Å². The van der Waals surface area contributed by atoms with Crippen LogP contribution in [-0.4, -0.2) is 21.4 Å².